The molecule has 0 bridgehead atoms. The van der Waals surface area contributed by atoms with Crippen molar-refractivity contribution in [1.29, 1.82) is 0 Å². The molecule has 1 amide bonds. The van der Waals surface area contributed by atoms with E-state index in [0.717, 1.165) is 24.3 Å². The van der Waals surface area contributed by atoms with E-state index < -0.39 is 0 Å². The van der Waals surface area contributed by atoms with Crippen LogP contribution in [0.25, 0.3) is 5.69 Å². The van der Waals surface area contributed by atoms with Crippen molar-refractivity contribution in [2.45, 2.75) is 13.3 Å². The van der Waals surface area contributed by atoms with Crippen LogP contribution in [0.1, 0.15) is 13.3 Å². The lowest BCUT2D eigenvalue weighted by Gasteiger charge is -2.08. The van der Waals surface area contributed by atoms with Crippen LogP contribution >= 0.6 is 0 Å². The zero-order valence-electron chi connectivity index (χ0n) is 11.0. The highest BCUT2D eigenvalue weighted by Crippen LogP contribution is 2.14. The van der Waals surface area contributed by atoms with Gasteiger partial charge in [0, 0.05) is 23.8 Å². The van der Waals surface area contributed by atoms with Crippen molar-refractivity contribution in [2.75, 3.05) is 18.4 Å². The molecule has 19 heavy (non-hydrogen) atoms. The van der Waals surface area contributed by atoms with Crippen molar-refractivity contribution in [2.24, 2.45) is 0 Å². The monoisotopic (exact) mass is 258 g/mol. The molecule has 0 saturated heterocycles. The van der Waals surface area contributed by atoms with E-state index in [2.05, 4.69) is 22.5 Å². The Labute approximate surface area is 112 Å². The SMILES string of the molecule is CCCNCC(=O)Nc1cccc(-n2ccnc2)c1. The normalized spacial score (nSPS) is 10.4. The predicted molar refractivity (Wildman–Crippen MR) is 75.4 cm³/mol. The molecule has 5 nitrogen and oxygen atoms in total. The molecule has 0 aliphatic carbocycles. The number of carbonyl (C=O) groups excluding carboxylic acids is 1. The quantitative estimate of drug-likeness (QED) is 0.777. The molecule has 2 N–H and O–H groups in total. The van der Waals surface area contributed by atoms with Crippen molar-refractivity contribution in [1.82, 2.24) is 14.9 Å². The average molecular weight is 258 g/mol. The van der Waals surface area contributed by atoms with Crippen LogP contribution in [0.4, 0.5) is 5.69 Å². The first-order valence-electron chi connectivity index (χ1n) is 6.38. The first-order chi connectivity index (χ1) is 9.29. The largest absolute Gasteiger partial charge is 0.325 e. The summed E-state index contributed by atoms with van der Waals surface area (Å²) in [4.78, 5) is 15.7. The molecule has 100 valence electrons. The van der Waals surface area contributed by atoms with Gasteiger partial charge in [-0.3, -0.25) is 4.79 Å². The van der Waals surface area contributed by atoms with Crippen molar-refractivity contribution >= 4 is 11.6 Å². The van der Waals surface area contributed by atoms with Gasteiger partial charge < -0.3 is 15.2 Å². The molecule has 5 heteroatoms. The minimum absolute atomic E-state index is 0.0313. The summed E-state index contributed by atoms with van der Waals surface area (Å²) in [6.07, 6.45) is 6.33. The summed E-state index contributed by atoms with van der Waals surface area (Å²) in [5.74, 6) is -0.0313. The van der Waals surface area contributed by atoms with E-state index >= 15 is 0 Å². The third-order valence-corrected chi connectivity index (χ3v) is 2.64. The van der Waals surface area contributed by atoms with E-state index in [9.17, 15) is 4.79 Å². The number of carbonyl (C=O) groups is 1. The molecule has 0 spiro atoms. The highest BCUT2D eigenvalue weighted by atomic mass is 16.1. The van der Waals surface area contributed by atoms with Gasteiger partial charge in [-0.05, 0) is 31.2 Å². The molecule has 1 aromatic heterocycles. The zero-order chi connectivity index (χ0) is 13.5. The lowest BCUT2D eigenvalue weighted by molar-refractivity contribution is -0.115. The minimum Gasteiger partial charge on any atom is -0.325 e. The Morgan fingerprint density at radius 1 is 1.42 bits per heavy atom. The Morgan fingerprint density at radius 3 is 3.05 bits per heavy atom. The number of hydrogen-bond donors (Lipinski definition) is 2. The molecule has 2 rings (SSSR count). The molecule has 0 fully saturated rings. The number of benzene rings is 1. The van der Waals surface area contributed by atoms with Gasteiger partial charge in [0.15, 0.2) is 0 Å². The first kappa shape index (κ1) is 13.3. The maximum absolute atomic E-state index is 11.7. The summed E-state index contributed by atoms with van der Waals surface area (Å²) in [5.41, 5.74) is 1.76. The van der Waals surface area contributed by atoms with Crippen LogP contribution in [-0.2, 0) is 4.79 Å². The second-order valence-electron chi connectivity index (χ2n) is 4.25. The van der Waals surface area contributed by atoms with Crippen LogP contribution in [0.2, 0.25) is 0 Å². The van der Waals surface area contributed by atoms with Crippen LogP contribution in [0.15, 0.2) is 43.0 Å². The average Bonchev–Trinajstić information content (AvgIpc) is 2.93. The van der Waals surface area contributed by atoms with Crippen LogP contribution in [0.3, 0.4) is 0 Å². The van der Waals surface area contributed by atoms with Gasteiger partial charge in [-0.2, -0.15) is 0 Å². The maximum atomic E-state index is 11.7. The molecule has 0 saturated carbocycles. The van der Waals surface area contributed by atoms with E-state index in [-0.39, 0.29) is 5.91 Å². The van der Waals surface area contributed by atoms with Crippen LogP contribution in [0.5, 0.6) is 0 Å². The van der Waals surface area contributed by atoms with E-state index in [1.165, 1.54) is 0 Å². The maximum Gasteiger partial charge on any atom is 0.238 e. The summed E-state index contributed by atoms with van der Waals surface area (Å²) in [6.45, 7) is 3.26. The van der Waals surface area contributed by atoms with Gasteiger partial charge in [-0.1, -0.05) is 13.0 Å². The zero-order valence-corrected chi connectivity index (χ0v) is 11.0. The Morgan fingerprint density at radius 2 is 2.32 bits per heavy atom. The number of nitrogens with one attached hydrogen (secondary N) is 2. The Hall–Kier alpha value is -2.14. The molecular formula is C14H18N4O. The highest BCUT2D eigenvalue weighted by molar-refractivity contribution is 5.92. The van der Waals surface area contributed by atoms with Crippen molar-refractivity contribution in [3.63, 3.8) is 0 Å². The second-order valence-corrected chi connectivity index (χ2v) is 4.25. The van der Waals surface area contributed by atoms with Gasteiger partial charge in [-0.15, -0.1) is 0 Å². The molecule has 0 aliphatic rings. The van der Waals surface area contributed by atoms with Gasteiger partial charge in [-0.25, -0.2) is 4.98 Å². The van der Waals surface area contributed by atoms with E-state index in [0.29, 0.717) is 6.54 Å². The number of rotatable bonds is 6. The molecular weight excluding hydrogens is 240 g/mol. The predicted octanol–water partition coefficient (Wildman–Crippen LogP) is 1.81. The molecule has 0 radical (unpaired) electrons. The van der Waals surface area contributed by atoms with Gasteiger partial charge >= 0.3 is 0 Å². The van der Waals surface area contributed by atoms with E-state index in [1.54, 1.807) is 12.5 Å². The van der Waals surface area contributed by atoms with Crippen LogP contribution in [-0.4, -0.2) is 28.5 Å². The lowest BCUT2D eigenvalue weighted by atomic mass is 10.2. The van der Waals surface area contributed by atoms with E-state index in [1.807, 2.05) is 35.0 Å². The summed E-state index contributed by atoms with van der Waals surface area (Å²) in [6, 6.07) is 7.66. The third-order valence-electron chi connectivity index (χ3n) is 2.64. The number of amides is 1. The number of hydrogen-bond acceptors (Lipinski definition) is 3. The van der Waals surface area contributed by atoms with Crippen molar-refractivity contribution in [3.05, 3.63) is 43.0 Å². The van der Waals surface area contributed by atoms with Gasteiger partial charge in [0.25, 0.3) is 0 Å². The summed E-state index contributed by atoms with van der Waals surface area (Å²) < 4.78 is 1.89. The smallest absolute Gasteiger partial charge is 0.238 e. The highest BCUT2D eigenvalue weighted by Gasteiger charge is 2.02. The molecule has 1 heterocycles. The standard InChI is InChI=1S/C14H18N4O/c1-2-6-15-10-14(19)17-12-4-3-5-13(9-12)18-8-7-16-11-18/h3-5,7-9,11,15H,2,6,10H2,1H3,(H,17,19). The number of nitrogens with zero attached hydrogens (tertiary/aromatic N) is 2. The van der Waals surface area contributed by atoms with Gasteiger partial charge in [0.2, 0.25) is 5.91 Å². The Balaban J connectivity index is 1.97. The van der Waals surface area contributed by atoms with Crippen molar-refractivity contribution < 1.29 is 4.79 Å². The molecule has 0 atom stereocenters. The fraction of sp³-hybridized carbons (Fsp3) is 0.286. The van der Waals surface area contributed by atoms with Gasteiger partial charge in [0.1, 0.15) is 0 Å². The number of aromatic nitrogens is 2. The number of imidazole rings is 1. The summed E-state index contributed by atoms with van der Waals surface area (Å²) in [7, 11) is 0. The fourth-order valence-electron chi connectivity index (χ4n) is 1.74. The Bertz CT molecular complexity index is 522. The summed E-state index contributed by atoms with van der Waals surface area (Å²) >= 11 is 0. The number of anilines is 1. The van der Waals surface area contributed by atoms with Crippen LogP contribution < -0.4 is 10.6 Å². The van der Waals surface area contributed by atoms with Gasteiger partial charge in [0.05, 0.1) is 12.9 Å². The molecule has 0 unspecified atom stereocenters. The molecule has 2 aromatic rings. The van der Waals surface area contributed by atoms with Crippen LogP contribution in [0, 0.1) is 0 Å². The molecule has 1 aromatic carbocycles. The summed E-state index contributed by atoms with van der Waals surface area (Å²) in [5, 5.41) is 5.94. The lowest BCUT2D eigenvalue weighted by Crippen LogP contribution is -2.28. The first-order valence-corrected chi connectivity index (χ1v) is 6.38. The third kappa shape index (κ3) is 3.93. The van der Waals surface area contributed by atoms with Crippen molar-refractivity contribution in [3.8, 4) is 5.69 Å². The van der Waals surface area contributed by atoms with E-state index in [4.69, 9.17) is 0 Å². The minimum atomic E-state index is -0.0313. The Kier molecular flexibility index (Phi) is 4.69. The topological polar surface area (TPSA) is 59.0 Å². The second kappa shape index (κ2) is 6.70. The fourth-order valence-corrected chi connectivity index (χ4v) is 1.74. The molecule has 0 aliphatic heterocycles.